The molecule has 0 aromatic heterocycles. The van der Waals surface area contributed by atoms with Gasteiger partial charge in [-0.15, -0.1) is 0 Å². The Labute approximate surface area is 158 Å². The Kier molecular flexibility index (Phi) is 11.8. The van der Waals surface area contributed by atoms with Gasteiger partial charge in [0, 0.05) is 26.2 Å². The highest BCUT2D eigenvalue weighted by atomic mass is 31.2. The third-order valence-corrected chi connectivity index (χ3v) is 7.98. The monoisotopic (exact) mass is 414 g/mol. The molecule has 26 heavy (non-hydrogen) atoms. The molecule has 8 nitrogen and oxygen atoms in total. The van der Waals surface area contributed by atoms with Crippen LogP contribution in [0.3, 0.4) is 0 Å². The minimum Gasteiger partial charge on any atom is -0.297 e. The van der Waals surface area contributed by atoms with Crippen molar-refractivity contribution in [2.45, 2.75) is 53.4 Å². The van der Waals surface area contributed by atoms with Crippen molar-refractivity contribution in [1.29, 1.82) is 0 Å². The Hall–Kier alpha value is 0.220. The van der Waals surface area contributed by atoms with Gasteiger partial charge in [0.05, 0.1) is 26.4 Å². The number of nitrogens with zero attached hydrogens (tertiary/aromatic N) is 2. The fourth-order valence-corrected chi connectivity index (χ4v) is 6.20. The smallest absolute Gasteiger partial charge is 0.297 e. The average molecular weight is 414 g/mol. The predicted octanol–water partition coefficient (Wildman–Crippen LogP) is 4.53. The van der Waals surface area contributed by atoms with E-state index in [2.05, 4.69) is 0 Å². The van der Waals surface area contributed by atoms with Gasteiger partial charge in [0.1, 0.15) is 0 Å². The van der Waals surface area contributed by atoms with Crippen LogP contribution < -0.4 is 0 Å². The molecule has 1 aliphatic rings. The Morgan fingerprint density at radius 1 is 0.577 bits per heavy atom. The van der Waals surface area contributed by atoms with Gasteiger partial charge in [0.25, 0.3) is 0 Å². The lowest BCUT2D eigenvalue weighted by atomic mass is 10.4. The van der Waals surface area contributed by atoms with Crippen LogP contribution in [0.15, 0.2) is 0 Å². The summed E-state index contributed by atoms with van der Waals surface area (Å²) in [6.07, 6.45) is 3.07. The summed E-state index contributed by atoms with van der Waals surface area (Å²) in [6.45, 7) is 11.1. The zero-order valence-corrected chi connectivity index (χ0v) is 18.5. The molecule has 0 atom stereocenters. The summed E-state index contributed by atoms with van der Waals surface area (Å²) in [7, 11) is -6.63. The maximum Gasteiger partial charge on any atom is 0.408 e. The summed E-state index contributed by atoms with van der Waals surface area (Å²) < 4.78 is 52.0. The normalized spacial score (nSPS) is 17.7. The van der Waals surface area contributed by atoms with Crippen LogP contribution in [0.5, 0.6) is 0 Å². The second kappa shape index (κ2) is 12.6. The molecule has 1 heterocycles. The van der Waals surface area contributed by atoms with Gasteiger partial charge >= 0.3 is 15.5 Å². The highest BCUT2D eigenvalue weighted by Crippen LogP contribution is 2.56. The first-order chi connectivity index (χ1) is 12.5. The molecular formula is C16H36N2O6P2. The molecule has 1 aliphatic heterocycles. The molecule has 0 radical (unpaired) electrons. The summed E-state index contributed by atoms with van der Waals surface area (Å²) in [5, 5.41) is 0. The third kappa shape index (κ3) is 7.33. The highest BCUT2D eigenvalue weighted by Gasteiger charge is 2.41. The van der Waals surface area contributed by atoms with E-state index in [1.807, 2.05) is 27.7 Å². The van der Waals surface area contributed by atoms with Crippen molar-refractivity contribution in [3.05, 3.63) is 0 Å². The van der Waals surface area contributed by atoms with Gasteiger partial charge in [-0.2, -0.15) is 0 Å². The summed E-state index contributed by atoms with van der Waals surface area (Å²) in [6, 6.07) is 0. The summed E-state index contributed by atoms with van der Waals surface area (Å²) >= 11 is 0. The molecule has 0 saturated carbocycles. The van der Waals surface area contributed by atoms with Gasteiger partial charge in [-0.3, -0.25) is 18.1 Å². The zero-order valence-electron chi connectivity index (χ0n) is 16.7. The molecule has 0 aromatic rings. The van der Waals surface area contributed by atoms with Gasteiger partial charge < -0.3 is 0 Å². The Balaban J connectivity index is 2.74. The van der Waals surface area contributed by atoms with E-state index in [0.29, 0.717) is 52.6 Å². The molecule has 10 heteroatoms. The maximum absolute atomic E-state index is 13.1. The van der Waals surface area contributed by atoms with E-state index in [9.17, 15) is 9.13 Å². The van der Waals surface area contributed by atoms with Gasteiger partial charge in [0.2, 0.25) is 0 Å². The van der Waals surface area contributed by atoms with Crippen LogP contribution in [0.25, 0.3) is 0 Å². The molecule has 0 unspecified atom stereocenters. The van der Waals surface area contributed by atoms with Crippen LogP contribution in [0.2, 0.25) is 0 Å². The molecule has 1 rings (SSSR count). The number of hydrogen-bond donors (Lipinski definition) is 0. The quantitative estimate of drug-likeness (QED) is 0.384. The molecule has 0 N–H and O–H groups in total. The molecule has 0 aliphatic carbocycles. The second-order valence-corrected chi connectivity index (χ2v) is 10.2. The minimum absolute atomic E-state index is 0.388. The molecule has 0 amide bonds. The second-order valence-electron chi connectivity index (χ2n) is 6.18. The van der Waals surface area contributed by atoms with E-state index >= 15 is 0 Å². The van der Waals surface area contributed by atoms with E-state index in [1.54, 1.807) is 9.34 Å². The predicted molar refractivity (Wildman–Crippen MR) is 103 cm³/mol. The molecule has 0 spiro atoms. The van der Waals surface area contributed by atoms with Crippen molar-refractivity contribution in [3.8, 4) is 0 Å². The molecule has 0 aromatic carbocycles. The fraction of sp³-hybridized carbons (Fsp3) is 1.00. The Bertz CT molecular complexity index is 406. The molecule has 1 fully saturated rings. The topological polar surface area (TPSA) is 77.5 Å². The van der Waals surface area contributed by atoms with E-state index in [0.717, 1.165) is 25.7 Å². The number of hydrogen-bond acceptors (Lipinski definition) is 6. The molecule has 156 valence electrons. The Morgan fingerprint density at radius 3 is 1.00 bits per heavy atom. The summed E-state index contributed by atoms with van der Waals surface area (Å²) in [5.74, 6) is 0. The number of rotatable bonds is 14. The van der Waals surface area contributed by atoms with Gasteiger partial charge in [0.15, 0.2) is 0 Å². The van der Waals surface area contributed by atoms with E-state index in [1.165, 1.54) is 0 Å². The van der Waals surface area contributed by atoms with Gasteiger partial charge in [-0.25, -0.2) is 18.5 Å². The van der Waals surface area contributed by atoms with Crippen LogP contribution in [0.1, 0.15) is 53.4 Å². The van der Waals surface area contributed by atoms with Crippen molar-refractivity contribution in [3.63, 3.8) is 0 Å². The fourth-order valence-electron chi connectivity index (χ4n) is 2.40. The maximum atomic E-state index is 13.1. The molecule has 1 saturated heterocycles. The SMILES string of the molecule is CCCOP(=O)(OCCC)N1CCN(P(=O)(OCCC)OCCC)CC1. The zero-order chi connectivity index (χ0) is 19.5. The summed E-state index contributed by atoms with van der Waals surface area (Å²) in [5.41, 5.74) is 0. The van der Waals surface area contributed by atoms with Crippen LogP contribution >= 0.6 is 15.5 Å². The lowest BCUT2D eigenvalue weighted by Gasteiger charge is -2.39. The third-order valence-electron chi connectivity index (χ3n) is 3.76. The Morgan fingerprint density at radius 2 is 0.808 bits per heavy atom. The van der Waals surface area contributed by atoms with Crippen LogP contribution in [0.4, 0.5) is 0 Å². The standard InChI is InChI=1S/C16H36N2O6P2/c1-5-13-21-25(19,22-14-6-2)17-9-11-18(12-10-17)26(20,23-15-7-3)24-16-8-4/h5-16H2,1-4H3. The van der Waals surface area contributed by atoms with Crippen LogP contribution in [-0.4, -0.2) is 61.9 Å². The largest absolute Gasteiger partial charge is 0.408 e. The molecule has 0 bridgehead atoms. The van der Waals surface area contributed by atoms with E-state index in [-0.39, 0.29) is 0 Å². The van der Waals surface area contributed by atoms with Gasteiger partial charge in [-0.1, -0.05) is 27.7 Å². The van der Waals surface area contributed by atoms with E-state index < -0.39 is 15.5 Å². The number of piperazine rings is 1. The van der Waals surface area contributed by atoms with Crippen molar-refractivity contribution >= 4 is 15.5 Å². The summed E-state index contributed by atoms with van der Waals surface area (Å²) in [4.78, 5) is 0. The lowest BCUT2D eigenvalue weighted by Crippen LogP contribution is -2.44. The first kappa shape index (κ1) is 24.3. The van der Waals surface area contributed by atoms with Crippen molar-refractivity contribution < 1.29 is 27.2 Å². The van der Waals surface area contributed by atoms with Crippen LogP contribution in [-0.2, 0) is 27.2 Å². The van der Waals surface area contributed by atoms with E-state index in [4.69, 9.17) is 18.1 Å². The van der Waals surface area contributed by atoms with Crippen molar-refractivity contribution in [2.24, 2.45) is 0 Å². The first-order valence-electron chi connectivity index (χ1n) is 9.74. The van der Waals surface area contributed by atoms with Crippen molar-refractivity contribution in [2.75, 3.05) is 52.6 Å². The average Bonchev–Trinajstić information content (AvgIpc) is 2.67. The first-order valence-corrected chi connectivity index (χ1v) is 12.7. The minimum atomic E-state index is -3.31. The van der Waals surface area contributed by atoms with Gasteiger partial charge in [-0.05, 0) is 25.7 Å². The molecular weight excluding hydrogens is 378 g/mol. The van der Waals surface area contributed by atoms with Crippen LogP contribution in [0, 0.1) is 0 Å². The lowest BCUT2D eigenvalue weighted by molar-refractivity contribution is 0.113. The highest BCUT2D eigenvalue weighted by molar-refractivity contribution is 7.51. The van der Waals surface area contributed by atoms with Crippen molar-refractivity contribution in [1.82, 2.24) is 9.34 Å².